The Morgan fingerprint density at radius 2 is 0.574 bits per heavy atom. The highest BCUT2D eigenvalue weighted by atomic mass is 16.1. The first-order chi connectivity index (χ1) is 22.2. The number of carbonyl (C=O) groups excluding carboxylic acids is 1. The predicted molar refractivity (Wildman–Crippen MR) is 194 cm³/mol. The highest BCUT2D eigenvalue weighted by Gasteiger charge is 2.66. The van der Waals surface area contributed by atoms with Gasteiger partial charge in [-0.05, 0) is 150 Å². The van der Waals surface area contributed by atoms with Gasteiger partial charge in [0.1, 0.15) is 5.78 Å². The third-order valence-electron chi connectivity index (χ3n) is 11.9. The molecule has 4 aliphatic heterocycles. The van der Waals surface area contributed by atoms with Crippen molar-refractivity contribution < 1.29 is 4.79 Å². The van der Waals surface area contributed by atoms with E-state index < -0.39 is 0 Å². The van der Waals surface area contributed by atoms with Crippen LogP contribution in [-0.4, -0.2) is 22.3 Å². The van der Waals surface area contributed by atoms with E-state index in [-0.39, 0.29) is 36.0 Å². The van der Waals surface area contributed by atoms with Crippen LogP contribution < -0.4 is 0 Å². The third-order valence-corrected chi connectivity index (χ3v) is 11.9. The van der Waals surface area contributed by atoms with E-state index in [1.165, 1.54) is 89.0 Å². The highest BCUT2D eigenvalue weighted by molar-refractivity contribution is 5.90. The summed E-state index contributed by atoms with van der Waals surface area (Å²) in [6.07, 6.45) is 0. The van der Waals surface area contributed by atoms with E-state index in [1.807, 2.05) is 0 Å². The molecule has 4 heterocycles. The largest absolute Gasteiger partial charge is 0.299 e. The minimum atomic E-state index is -0.154. The molecule has 4 fully saturated rings. The molecule has 4 aromatic carbocycles. The van der Waals surface area contributed by atoms with Crippen molar-refractivity contribution in [3.8, 4) is 0 Å². The van der Waals surface area contributed by atoms with Gasteiger partial charge in [0.05, 0.1) is 18.5 Å². The summed E-state index contributed by atoms with van der Waals surface area (Å²) in [6, 6.07) is 18.7. The van der Waals surface area contributed by atoms with Crippen molar-refractivity contribution in [2.24, 2.45) is 11.8 Å². The van der Waals surface area contributed by atoms with Gasteiger partial charge in [-0.2, -0.15) is 0 Å². The second kappa shape index (κ2) is 11.3. The first-order valence-corrected chi connectivity index (χ1v) is 17.6. The molecule has 4 aromatic rings. The van der Waals surface area contributed by atoms with Crippen molar-refractivity contribution in [1.29, 1.82) is 0 Å². The number of carbonyl (C=O) groups is 1. The number of hydrogen-bond acceptors (Lipinski definition) is 3. The molecule has 0 aliphatic carbocycles. The lowest BCUT2D eigenvalue weighted by atomic mass is 9.58. The Kier molecular flexibility index (Phi) is 7.69. The smallest absolute Gasteiger partial charge is 0.146 e. The maximum absolute atomic E-state index is 15.8. The Morgan fingerprint density at radius 1 is 0.383 bits per heavy atom. The van der Waals surface area contributed by atoms with Crippen molar-refractivity contribution in [3.63, 3.8) is 0 Å². The van der Waals surface area contributed by atoms with Gasteiger partial charge in [0.25, 0.3) is 0 Å². The van der Waals surface area contributed by atoms with E-state index in [1.54, 1.807) is 0 Å². The van der Waals surface area contributed by atoms with E-state index in [0.717, 1.165) is 6.67 Å². The summed E-state index contributed by atoms with van der Waals surface area (Å²) in [7, 11) is 0. The number of nitrogens with zero attached hydrogens (tertiary/aromatic N) is 2. The first-order valence-electron chi connectivity index (χ1n) is 17.6. The molecule has 3 nitrogen and oxygen atoms in total. The van der Waals surface area contributed by atoms with Crippen LogP contribution in [0.5, 0.6) is 0 Å². The molecule has 0 saturated carbocycles. The van der Waals surface area contributed by atoms with Crippen molar-refractivity contribution >= 4 is 5.78 Å². The minimum Gasteiger partial charge on any atom is -0.299 e. The topological polar surface area (TPSA) is 23.6 Å². The number of Topliss-reactive ketones (excluding diaryl/α,β-unsaturated/α-hetero) is 1. The molecule has 4 bridgehead atoms. The van der Waals surface area contributed by atoms with E-state index in [9.17, 15) is 0 Å². The number of benzene rings is 4. The van der Waals surface area contributed by atoms with Crippen LogP contribution in [0, 0.1) is 94.9 Å². The molecular formula is C44H52N2O. The van der Waals surface area contributed by atoms with Crippen LogP contribution in [-0.2, 0) is 4.79 Å². The molecule has 8 rings (SSSR count). The molecule has 47 heavy (non-hydrogen) atoms. The predicted octanol–water partition coefficient (Wildman–Crippen LogP) is 10.1. The molecule has 4 aliphatic rings. The van der Waals surface area contributed by atoms with Gasteiger partial charge < -0.3 is 0 Å². The van der Waals surface area contributed by atoms with E-state index in [2.05, 4.69) is 141 Å². The zero-order valence-electron chi connectivity index (χ0n) is 30.6. The molecular weight excluding hydrogens is 572 g/mol. The van der Waals surface area contributed by atoms with Gasteiger partial charge in [0.15, 0.2) is 0 Å². The SMILES string of the molecule is Cc1cc(C)c(C2C3C(=O)C4C(c5c(C)cc(C)cc5C)N2CN(C3c2c(C)cc(C)cc2C)C4c2c(C)cc(C)cc2C)c(C)c1. The molecule has 4 unspecified atom stereocenters. The Hall–Kier alpha value is -3.53. The zero-order valence-corrected chi connectivity index (χ0v) is 30.6. The molecule has 244 valence electrons. The fraction of sp³-hybridized carbons (Fsp3) is 0.432. The van der Waals surface area contributed by atoms with Crippen molar-refractivity contribution in [2.45, 2.75) is 107 Å². The monoisotopic (exact) mass is 624 g/mol. The number of aryl methyl sites for hydroxylation is 12. The van der Waals surface area contributed by atoms with Crippen LogP contribution in [0.4, 0.5) is 0 Å². The second-order valence-electron chi connectivity index (χ2n) is 15.7. The average molecular weight is 625 g/mol. The van der Waals surface area contributed by atoms with Crippen LogP contribution in [0.1, 0.15) is 113 Å². The Balaban J connectivity index is 1.56. The van der Waals surface area contributed by atoms with Crippen LogP contribution in [0.25, 0.3) is 0 Å². The van der Waals surface area contributed by atoms with E-state index in [4.69, 9.17) is 0 Å². The highest BCUT2D eigenvalue weighted by Crippen LogP contribution is 2.66. The molecule has 3 heteroatoms. The van der Waals surface area contributed by atoms with Gasteiger partial charge in [0.2, 0.25) is 0 Å². The number of rotatable bonds is 4. The first kappa shape index (κ1) is 32.0. The van der Waals surface area contributed by atoms with Crippen molar-refractivity contribution in [1.82, 2.24) is 9.80 Å². The van der Waals surface area contributed by atoms with Gasteiger partial charge in [0, 0.05) is 24.2 Å². The van der Waals surface area contributed by atoms with Gasteiger partial charge in [-0.25, -0.2) is 0 Å². The summed E-state index contributed by atoms with van der Waals surface area (Å²) in [6.45, 7) is 27.7. The Morgan fingerprint density at radius 3 is 0.766 bits per heavy atom. The van der Waals surface area contributed by atoms with Crippen molar-refractivity contribution in [3.05, 3.63) is 138 Å². The molecule has 4 atom stereocenters. The van der Waals surface area contributed by atoms with Gasteiger partial charge in [-0.3, -0.25) is 14.6 Å². The molecule has 0 spiro atoms. The van der Waals surface area contributed by atoms with Crippen LogP contribution in [0.3, 0.4) is 0 Å². The third kappa shape index (κ3) is 4.79. The quantitative estimate of drug-likeness (QED) is 0.226. The standard InChI is InChI=1S/C44H52N2O/c1-22-13-26(5)34(27(6)14-22)40-38-41(35-28(7)15-23(2)16-29(35)8)46-21-45(40)42(36-30(9)17-24(3)18-31(36)10)39(44(38)47)43(46)37-32(11)19-25(4)20-33(37)12/h13-20,38-43H,21H2,1-12H3. The summed E-state index contributed by atoms with van der Waals surface area (Å²) in [5.74, 6) is 0.136. The lowest BCUT2D eigenvalue weighted by Gasteiger charge is -2.67. The lowest BCUT2D eigenvalue weighted by molar-refractivity contribution is -0.209. The minimum absolute atomic E-state index is 0.00645. The Labute approximate surface area is 283 Å². The average Bonchev–Trinajstić information content (AvgIpc) is 2.93. The fourth-order valence-corrected chi connectivity index (χ4v) is 10.9. The van der Waals surface area contributed by atoms with Crippen LogP contribution in [0.2, 0.25) is 0 Å². The maximum Gasteiger partial charge on any atom is 0.146 e. The maximum atomic E-state index is 15.8. The van der Waals surface area contributed by atoms with Gasteiger partial charge in [-0.15, -0.1) is 0 Å². The molecule has 4 saturated heterocycles. The summed E-state index contributed by atoms with van der Waals surface area (Å²) >= 11 is 0. The van der Waals surface area contributed by atoms with Crippen molar-refractivity contribution in [2.75, 3.05) is 6.67 Å². The number of ketones is 1. The molecule has 0 N–H and O–H groups in total. The molecule has 0 amide bonds. The summed E-state index contributed by atoms with van der Waals surface area (Å²) < 4.78 is 0. The lowest BCUT2D eigenvalue weighted by Crippen LogP contribution is -2.70. The Bertz CT molecular complexity index is 1600. The van der Waals surface area contributed by atoms with E-state index >= 15 is 4.79 Å². The number of hydrogen-bond donors (Lipinski definition) is 0. The fourth-order valence-electron chi connectivity index (χ4n) is 10.9. The summed E-state index contributed by atoms with van der Waals surface area (Å²) in [5, 5.41) is 0. The van der Waals surface area contributed by atoms with E-state index in [0.29, 0.717) is 5.78 Å². The molecule has 0 radical (unpaired) electrons. The second-order valence-corrected chi connectivity index (χ2v) is 15.7. The van der Waals surface area contributed by atoms with Crippen LogP contribution >= 0.6 is 0 Å². The molecule has 0 aromatic heterocycles. The van der Waals surface area contributed by atoms with Crippen LogP contribution in [0.15, 0.2) is 48.5 Å². The number of piperidine rings is 2. The summed E-state index contributed by atoms with van der Waals surface area (Å²) in [4.78, 5) is 21.3. The van der Waals surface area contributed by atoms with Gasteiger partial charge in [-0.1, -0.05) is 70.8 Å². The summed E-state index contributed by atoms with van der Waals surface area (Å²) in [5.41, 5.74) is 21.0. The zero-order chi connectivity index (χ0) is 33.8. The normalized spacial score (nSPS) is 28.0. The van der Waals surface area contributed by atoms with Gasteiger partial charge >= 0.3 is 0 Å².